The van der Waals surface area contributed by atoms with Crippen molar-refractivity contribution in [3.05, 3.63) is 81.3 Å². The summed E-state index contributed by atoms with van der Waals surface area (Å²) >= 11 is 1.46. The molecular formula is C26H23FN4OS. The smallest absolute Gasteiger partial charge is 0.239 e. The Morgan fingerprint density at radius 3 is 2.52 bits per heavy atom. The van der Waals surface area contributed by atoms with Crippen molar-refractivity contribution in [2.45, 2.75) is 37.1 Å². The summed E-state index contributed by atoms with van der Waals surface area (Å²) in [5, 5.41) is 22.7. The largest absolute Gasteiger partial charge is 0.345 e. The van der Waals surface area contributed by atoms with Crippen LogP contribution in [0.4, 0.5) is 4.39 Å². The maximum atomic E-state index is 14.0. The summed E-state index contributed by atoms with van der Waals surface area (Å²) in [7, 11) is 1.61. The Bertz CT molecular complexity index is 1300. The van der Waals surface area contributed by atoms with Crippen molar-refractivity contribution in [3.8, 4) is 17.2 Å². The maximum Gasteiger partial charge on any atom is 0.239 e. The molecule has 0 radical (unpaired) electrons. The van der Waals surface area contributed by atoms with Crippen LogP contribution in [-0.4, -0.2) is 23.8 Å². The number of carbonyl (C=O) groups excluding carboxylic acids is 1. The topological polar surface area (TPSA) is 80.0 Å². The lowest BCUT2D eigenvalue weighted by Gasteiger charge is -2.45. The van der Waals surface area contributed by atoms with Gasteiger partial charge in [-0.3, -0.25) is 15.1 Å². The molecule has 2 fully saturated rings. The molecule has 0 spiro atoms. The van der Waals surface area contributed by atoms with E-state index in [1.165, 1.54) is 46.8 Å². The van der Waals surface area contributed by atoms with Gasteiger partial charge in [0, 0.05) is 11.9 Å². The van der Waals surface area contributed by atoms with E-state index in [9.17, 15) is 14.4 Å². The minimum absolute atomic E-state index is 0.0424. The van der Waals surface area contributed by atoms with E-state index in [-0.39, 0.29) is 17.4 Å². The lowest BCUT2D eigenvalue weighted by Crippen LogP contribution is -2.62. The van der Waals surface area contributed by atoms with E-state index >= 15 is 0 Å². The first-order chi connectivity index (χ1) is 15.8. The van der Waals surface area contributed by atoms with Gasteiger partial charge in [-0.2, -0.15) is 5.26 Å². The van der Waals surface area contributed by atoms with Gasteiger partial charge in [-0.25, -0.2) is 4.39 Å². The van der Waals surface area contributed by atoms with E-state index in [1.807, 2.05) is 36.6 Å². The first kappa shape index (κ1) is 21.4. The van der Waals surface area contributed by atoms with Gasteiger partial charge >= 0.3 is 0 Å². The highest BCUT2D eigenvalue weighted by Gasteiger charge is 2.49. The van der Waals surface area contributed by atoms with Crippen molar-refractivity contribution < 1.29 is 9.18 Å². The normalized spacial score (nSPS) is 22.7. The van der Waals surface area contributed by atoms with Gasteiger partial charge in [0.2, 0.25) is 5.91 Å². The van der Waals surface area contributed by atoms with Gasteiger partial charge in [-0.15, -0.1) is 11.3 Å². The Balaban J connectivity index is 1.57. The highest BCUT2D eigenvalue weighted by molar-refractivity contribution is 7.10. The van der Waals surface area contributed by atoms with E-state index in [0.29, 0.717) is 11.5 Å². The summed E-state index contributed by atoms with van der Waals surface area (Å²) in [6, 6.07) is 16.4. The second kappa shape index (κ2) is 7.82. The number of hydrogen-bond donors (Lipinski definition) is 2. The zero-order valence-electron chi connectivity index (χ0n) is 18.4. The zero-order valence-corrected chi connectivity index (χ0v) is 19.2. The van der Waals surface area contributed by atoms with E-state index < -0.39 is 17.3 Å². The zero-order chi connectivity index (χ0) is 23.3. The molecule has 3 aromatic rings. The van der Waals surface area contributed by atoms with E-state index in [2.05, 4.69) is 17.4 Å². The van der Waals surface area contributed by atoms with E-state index in [0.717, 1.165) is 16.0 Å². The van der Waals surface area contributed by atoms with Crippen LogP contribution in [0.3, 0.4) is 0 Å². The second-order valence-electron chi connectivity index (χ2n) is 8.99. The van der Waals surface area contributed by atoms with Gasteiger partial charge in [0.05, 0.1) is 23.1 Å². The van der Waals surface area contributed by atoms with Crippen molar-refractivity contribution in [1.29, 1.82) is 10.7 Å². The quantitative estimate of drug-likeness (QED) is 0.557. The van der Waals surface area contributed by atoms with Gasteiger partial charge in [0.1, 0.15) is 5.82 Å². The number of guanidine groups is 1. The third-order valence-corrected chi connectivity index (χ3v) is 7.83. The predicted octanol–water partition coefficient (Wildman–Crippen LogP) is 5.30. The lowest BCUT2D eigenvalue weighted by atomic mass is 9.76. The molecular weight excluding hydrogens is 435 g/mol. The fourth-order valence-electron chi connectivity index (χ4n) is 4.59. The Morgan fingerprint density at radius 2 is 1.85 bits per heavy atom. The van der Waals surface area contributed by atoms with Crippen LogP contribution in [-0.2, 0) is 10.3 Å². The Hall–Kier alpha value is -3.50. The molecule has 2 atom stereocenters. The molecule has 1 aliphatic carbocycles. The van der Waals surface area contributed by atoms with Crippen LogP contribution in [0.5, 0.6) is 0 Å². The number of nitriles is 1. The Kier molecular flexibility index (Phi) is 5.06. The molecule has 7 heteroatoms. The van der Waals surface area contributed by atoms with Crippen molar-refractivity contribution in [2.24, 2.45) is 0 Å². The molecule has 1 amide bonds. The minimum atomic E-state index is -0.851. The van der Waals surface area contributed by atoms with Crippen LogP contribution in [0.15, 0.2) is 53.9 Å². The fraction of sp³-hybridized carbons (Fsp3) is 0.269. The monoisotopic (exact) mass is 458 g/mol. The molecule has 1 aliphatic heterocycles. The van der Waals surface area contributed by atoms with Gasteiger partial charge < -0.3 is 5.32 Å². The Morgan fingerprint density at radius 1 is 1.15 bits per heavy atom. The van der Waals surface area contributed by atoms with Crippen LogP contribution in [0, 0.1) is 22.6 Å². The SMILES string of the molecule is CN1C(=N)N[C@](C)(c2cc(-c3cc(F)cc(C#N)c3)cs2)C(c2ccc(C3CC3)cc2)C1=O. The third-order valence-electron chi connectivity index (χ3n) is 6.66. The van der Waals surface area contributed by atoms with E-state index in [1.54, 1.807) is 13.1 Å². The molecule has 2 N–H and O–H groups in total. The molecule has 1 saturated heterocycles. The molecule has 2 heterocycles. The van der Waals surface area contributed by atoms with Crippen molar-refractivity contribution in [3.63, 3.8) is 0 Å². The van der Waals surface area contributed by atoms with Crippen LogP contribution >= 0.6 is 11.3 Å². The fourth-order valence-corrected chi connectivity index (χ4v) is 5.66. The first-order valence-corrected chi connectivity index (χ1v) is 11.7. The number of likely N-dealkylation sites (N-methyl/N-ethyl adjacent to an activating group) is 1. The summed E-state index contributed by atoms with van der Waals surface area (Å²) in [6.07, 6.45) is 2.43. The Labute approximate surface area is 196 Å². The van der Waals surface area contributed by atoms with Gasteiger partial charge in [0.15, 0.2) is 5.96 Å². The molecule has 2 aromatic carbocycles. The molecule has 166 valence electrons. The molecule has 2 aliphatic rings. The molecule has 5 rings (SSSR count). The summed E-state index contributed by atoms with van der Waals surface area (Å²) in [6.45, 7) is 1.94. The van der Waals surface area contributed by atoms with Crippen LogP contribution in [0.2, 0.25) is 0 Å². The number of thiophene rings is 1. The highest BCUT2D eigenvalue weighted by atomic mass is 32.1. The van der Waals surface area contributed by atoms with Crippen molar-refractivity contribution in [2.75, 3.05) is 7.05 Å². The number of hydrogen-bond acceptors (Lipinski definition) is 4. The molecule has 0 bridgehead atoms. The second-order valence-corrected chi connectivity index (χ2v) is 9.90. The van der Waals surface area contributed by atoms with Crippen LogP contribution in [0.25, 0.3) is 11.1 Å². The van der Waals surface area contributed by atoms with Crippen molar-refractivity contribution >= 4 is 23.2 Å². The molecule has 1 saturated carbocycles. The van der Waals surface area contributed by atoms with Crippen LogP contribution in [0.1, 0.15) is 53.2 Å². The molecule has 33 heavy (non-hydrogen) atoms. The highest BCUT2D eigenvalue weighted by Crippen LogP contribution is 2.45. The van der Waals surface area contributed by atoms with Gasteiger partial charge in [-0.05, 0) is 77.6 Å². The lowest BCUT2D eigenvalue weighted by molar-refractivity contribution is -0.131. The van der Waals surface area contributed by atoms with Gasteiger partial charge in [0.25, 0.3) is 0 Å². The number of nitrogens with one attached hydrogen (secondary N) is 2. The standard InChI is InChI=1S/C26H23FN4OS/c1-26(22-12-20(14-33-22)19-9-15(13-28)10-21(27)11-19)23(24(32)31(2)25(29)30-26)18-7-5-17(6-8-18)16-3-4-16/h5-12,14,16,23H,3-4H2,1-2H3,(H2,29,30)/t23?,26-/m1/s1. The number of carbonyl (C=O) groups is 1. The van der Waals surface area contributed by atoms with E-state index in [4.69, 9.17) is 5.41 Å². The minimum Gasteiger partial charge on any atom is -0.345 e. The van der Waals surface area contributed by atoms with Crippen molar-refractivity contribution in [1.82, 2.24) is 10.2 Å². The number of benzene rings is 2. The van der Waals surface area contributed by atoms with Gasteiger partial charge in [-0.1, -0.05) is 24.3 Å². The summed E-state index contributed by atoms with van der Waals surface area (Å²) in [5.41, 5.74) is 2.98. The summed E-state index contributed by atoms with van der Waals surface area (Å²) in [5.74, 6) is -0.468. The maximum absolute atomic E-state index is 14.0. The average molecular weight is 459 g/mol. The van der Waals surface area contributed by atoms with Crippen LogP contribution < -0.4 is 5.32 Å². The number of rotatable bonds is 4. The summed E-state index contributed by atoms with van der Waals surface area (Å²) in [4.78, 5) is 15.6. The average Bonchev–Trinajstić information content (AvgIpc) is 3.52. The predicted molar refractivity (Wildman–Crippen MR) is 127 cm³/mol. The number of amides is 1. The number of nitrogens with zero attached hydrogens (tertiary/aromatic N) is 2. The number of halogens is 1. The first-order valence-electron chi connectivity index (χ1n) is 10.8. The molecule has 1 aromatic heterocycles. The molecule has 1 unspecified atom stereocenters. The summed E-state index contributed by atoms with van der Waals surface area (Å²) < 4.78 is 14.0. The molecule has 5 nitrogen and oxygen atoms in total. The third kappa shape index (κ3) is 3.70.